The molecule has 3 aliphatic rings. The van der Waals surface area contributed by atoms with Crippen LogP contribution in [-0.4, -0.2) is 75.8 Å². The van der Waals surface area contributed by atoms with E-state index >= 15 is 0 Å². The Morgan fingerprint density at radius 3 is 2.63 bits per heavy atom. The third-order valence-electron chi connectivity index (χ3n) is 5.61. The quantitative estimate of drug-likeness (QED) is 0.794. The van der Waals surface area contributed by atoms with Crippen molar-refractivity contribution in [3.05, 3.63) is 0 Å². The third-order valence-corrected chi connectivity index (χ3v) is 5.61. The van der Waals surface area contributed by atoms with Gasteiger partial charge in [-0.3, -0.25) is 9.59 Å². The van der Waals surface area contributed by atoms with E-state index in [9.17, 15) is 19.6 Å². The molecule has 3 rings (SSSR count). The van der Waals surface area contributed by atoms with Crippen LogP contribution in [0.15, 0.2) is 0 Å². The van der Waals surface area contributed by atoms with Gasteiger partial charge in [0, 0.05) is 25.2 Å². The largest absolute Gasteiger partial charge is 0.335 e. The number of hydrogen-bond donors (Lipinski definition) is 1. The number of hydrogen-bond acceptors (Lipinski definition) is 4. The van der Waals surface area contributed by atoms with Crippen molar-refractivity contribution < 1.29 is 14.4 Å². The molecular formula is C19H29N5O3. The molecule has 0 aliphatic carbocycles. The van der Waals surface area contributed by atoms with Gasteiger partial charge in [0.15, 0.2) is 0 Å². The fourth-order valence-electron chi connectivity index (χ4n) is 4.32. The Morgan fingerprint density at radius 2 is 2.04 bits per heavy atom. The minimum absolute atomic E-state index is 0.0335. The molecule has 0 unspecified atom stereocenters. The molecule has 0 spiro atoms. The average Bonchev–Trinajstić information content (AvgIpc) is 3.28. The Kier molecular flexibility index (Phi) is 5.06. The summed E-state index contributed by atoms with van der Waals surface area (Å²) in [5, 5.41) is 12.1. The molecular weight excluding hydrogens is 346 g/mol. The van der Waals surface area contributed by atoms with Crippen LogP contribution in [-0.2, 0) is 9.59 Å². The van der Waals surface area contributed by atoms with Crippen molar-refractivity contribution >= 4 is 17.8 Å². The Bertz CT molecular complexity index is 680. The maximum absolute atomic E-state index is 12.8. The zero-order valence-corrected chi connectivity index (χ0v) is 16.6. The van der Waals surface area contributed by atoms with Crippen LogP contribution in [0.4, 0.5) is 4.79 Å². The molecule has 3 heterocycles. The second kappa shape index (κ2) is 7.02. The molecule has 8 nitrogen and oxygen atoms in total. The van der Waals surface area contributed by atoms with E-state index in [4.69, 9.17) is 0 Å². The molecule has 8 heteroatoms. The molecule has 27 heavy (non-hydrogen) atoms. The summed E-state index contributed by atoms with van der Waals surface area (Å²) < 4.78 is 0. The summed E-state index contributed by atoms with van der Waals surface area (Å²) in [6.45, 7) is 9.01. The summed E-state index contributed by atoms with van der Waals surface area (Å²) in [5.41, 5.74) is -0.352. The fourth-order valence-corrected chi connectivity index (χ4v) is 4.32. The number of nitrogens with one attached hydrogen (secondary N) is 1. The fraction of sp³-hybridized carbons (Fsp3) is 0.789. The molecule has 0 aromatic rings. The van der Waals surface area contributed by atoms with E-state index in [-0.39, 0.29) is 41.4 Å². The van der Waals surface area contributed by atoms with Gasteiger partial charge in [0.1, 0.15) is 12.1 Å². The van der Waals surface area contributed by atoms with Gasteiger partial charge in [-0.05, 0) is 40.0 Å². The van der Waals surface area contributed by atoms with E-state index in [0.717, 1.165) is 12.8 Å². The normalized spacial score (nSPS) is 28.5. The van der Waals surface area contributed by atoms with Gasteiger partial charge in [-0.15, -0.1) is 0 Å². The monoisotopic (exact) mass is 375 g/mol. The van der Waals surface area contributed by atoms with Crippen LogP contribution in [0.5, 0.6) is 0 Å². The number of carbonyl (C=O) groups excluding carboxylic acids is 3. The maximum atomic E-state index is 12.8. The molecule has 3 fully saturated rings. The van der Waals surface area contributed by atoms with Gasteiger partial charge in [-0.1, -0.05) is 6.92 Å². The van der Waals surface area contributed by atoms with Crippen molar-refractivity contribution in [3.8, 4) is 6.07 Å². The van der Waals surface area contributed by atoms with Crippen molar-refractivity contribution in [2.24, 2.45) is 5.92 Å². The second-order valence-electron chi connectivity index (χ2n) is 8.95. The number of nitriles is 1. The van der Waals surface area contributed by atoms with Crippen molar-refractivity contribution in [2.45, 2.75) is 70.6 Å². The van der Waals surface area contributed by atoms with Gasteiger partial charge in [0.2, 0.25) is 11.8 Å². The average molecular weight is 375 g/mol. The molecule has 1 N–H and O–H groups in total. The molecule has 3 aliphatic heterocycles. The van der Waals surface area contributed by atoms with Crippen LogP contribution in [0, 0.1) is 17.2 Å². The first-order valence-corrected chi connectivity index (χ1v) is 9.71. The van der Waals surface area contributed by atoms with Crippen molar-refractivity contribution in [3.63, 3.8) is 0 Å². The van der Waals surface area contributed by atoms with Crippen molar-refractivity contribution in [1.29, 1.82) is 5.26 Å². The van der Waals surface area contributed by atoms with Gasteiger partial charge in [-0.2, -0.15) is 5.26 Å². The standard InChI is InChI=1S/C19H29N5O3/c1-12(16(25)22-7-5-6-13(22)9-20)10-23-14-8-15(17(23)26)24(11-14)18(27)21-19(2,3)4/h12-15H,5-8,10-11H2,1-4H3,(H,21,27)/t12-,13-,14+,15+/m0/s1. The lowest BCUT2D eigenvalue weighted by Gasteiger charge is -2.36. The number of fused-ring (bicyclic) bond motifs is 2. The first-order valence-electron chi connectivity index (χ1n) is 9.71. The molecule has 2 bridgehead atoms. The zero-order valence-electron chi connectivity index (χ0n) is 16.6. The Morgan fingerprint density at radius 1 is 1.33 bits per heavy atom. The first kappa shape index (κ1) is 19.5. The number of likely N-dealkylation sites (tertiary alicyclic amines) is 3. The van der Waals surface area contributed by atoms with Crippen LogP contribution in [0.2, 0.25) is 0 Å². The summed E-state index contributed by atoms with van der Waals surface area (Å²) in [4.78, 5) is 42.9. The number of nitrogens with zero attached hydrogens (tertiary/aromatic N) is 4. The number of urea groups is 1. The SMILES string of the molecule is C[C@@H](CN1C(=O)[C@H]2C[C@@H]1CN2C(=O)NC(C)(C)C)C(=O)N1CCC[C@H]1C#N. The van der Waals surface area contributed by atoms with Crippen molar-refractivity contribution in [2.75, 3.05) is 19.6 Å². The molecule has 3 saturated heterocycles. The summed E-state index contributed by atoms with van der Waals surface area (Å²) >= 11 is 0. The third kappa shape index (κ3) is 3.73. The van der Waals surface area contributed by atoms with Gasteiger partial charge in [0.25, 0.3) is 0 Å². The van der Waals surface area contributed by atoms with Gasteiger partial charge < -0.3 is 20.0 Å². The second-order valence-corrected chi connectivity index (χ2v) is 8.95. The summed E-state index contributed by atoms with van der Waals surface area (Å²) in [7, 11) is 0. The topological polar surface area (TPSA) is 96.8 Å². The Balaban J connectivity index is 1.59. The molecule has 0 aromatic heterocycles. The highest BCUT2D eigenvalue weighted by molar-refractivity contribution is 5.91. The van der Waals surface area contributed by atoms with E-state index in [1.165, 1.54) is 0 Å². The summed E-state index contributed by atoms with van der Waals surface area (Å²) in [6, 6.07) is 1.17. The highest BCUT2D eigenvalue weighted by Gasteiger charge is 2.52. The van der Waals surface area contributed by atoms with Crippen LogP contribution in [0.25, 0.3) is 0 Å². The van der Waals surface area contributed by atoms with E-state index in [1.807, 2.05) is 27.7 Å². The molecule has 4 atom stereocenters. The lowest BCUT2D eigenvalue weighted by Crippen LogP contribution is -2.58. The molecule has 0 radical (unpaired) electrons. The van der Waals surface area contributed by atoms with Crippen LogP contribution < -0.4 is 5.32 Å². The number of rotatable bonds is 3. The lowest BCUT2D eigenvalue weighted by molar-refractivity contribution is -0.140. The smallest absolute Gasteiger partial charge is 0.318 e. The van der Waals surface area contributed by atoms with Crippen LogP contribution in [0.3, 0.4) is 0 Å². The van der Waals surface area contributed by atoms with Crippen LogP contribution in [0.1, 0.15) is 47.0 Å². The number of carbonyl (C=O) groups is 3. The predicted octanol–water partition coefficient (Wildman–Crippen LogP) is 0.930. The summed E-state index contributed by atoms with van der Waals surface area (Å²) in [5.74, 6) is -0.482. The minimum atomic E-state index is -0.432. The maximum Gasteiger partial charge on any atom is 0.318 e. The zero-order chi connectivity index (χ0) is 19.9. The Hall–Kier alpha value is -2.30. The Labute approximate surface area is 160 Å². The number of piperazine rings is 1. The molecule has 4 amide bonds. The number of amides is 4. The molecule has 0 saturated carbocycles. The van der Waals surface area contributed by atoms with Crippen LogP contribution >= 0.6 is 0 Å². The van der Waals surface area contributed by atoms with Gasteiger partial charge in [0.05, 0.1) is 18.0 Å². The highest BCUT2D eigenvalue weighted by Crippen LogP contribution is 2.33. The minimum Gasteiger partial charge on any atom is -0.335 e. The van der Waals surface area contributed by atoms with E-state index in [1.54, 1.807) is 14.7 Å². The predicted molar refractivity (Wildman–Crippen MR) is 98.4 cm³/mol. The highest BCUT2D eigenvalue weighted by atomic mass is 16.2. The van der Waals surface area contributed by atoms with E-state index in [0.29, 0.717) is 26.1 Å². The first-order chi connectivity index (χ1) is 12.6. The van der Waals surface area contributed by atoms with E-state index in [2.05, 4.69) is 11.4 Å². The van der Waals surface area contributed by atoms with Gasteiger partial charge in [-0.25, -0.2) is 4.79 Å². The lowest BCUT2D eigenvalue weighted by atomic mass is 10.1. The molecule has 0 aromatic carbocycles. The molecule has 148 valence electrons. The van der Waals surface area contributed by atoms with Crippen molar-refractivity contribution in [1.82, 2.24) is 20.0 Å². The van der Waals surface area contributed by atoms with E-state index < -0.39 is 6.04 Å². The summed E-state index contributed by atoms with van der Waals surface area (Å²) in [6.07, 6.45) is 2.20. The van der Waals surface area contributed by atoms with Gasteiger partial charge >= 0.3 is 6.03 Å².